The molecule has 1 heteroatoms. The van der Waals surface area contributed by atoms with E-state index < -0.39 is 0 Å². The molecule has 0 bridgehead atoms. The lowest BCUT2D eigenvalue weighted by atomic mass is 9.80. The van der Waals surface area contributed by atoms with E-state index in [1.165, 1.54) is 19.3 Å². The highest BCUT2D eigenvalue weighted by Crippen LogP contribution is 2.31. The molecule has 0 aromatic carbocycles. The van der Waals surface area contributed by atoms with Gasteiger partial charge in [0.15, 0.2) is 0 Å². The zero-order valence-corrected chi connectivity index (χ0v) is 12.4. The van der Waals surface area contributed by atoms with Crippen molar-refractivity contribution in [3.05, 3.63) is 12.2 Å². The van der Waals surface area contributed by atoms with Gasteiger partial charge in [-0.05, 0) is 38.0 Å². The van der Waals surface area contributed by atoms with Gasteiger partial charge in [0.05, 0.1) is 6.10 Å². The zero-order chi connectivity index (χ0) is 13.0. The van der Waals surface area contributed by atoms with E-state index >= 15 is 0 Å². The fourth-order valence-corrected chi connectivity index (χ4v) is 2.09. The van der Waals surface area contributed by atoms with Crippen LogP contribution in [0.2, 0.25) is 0 Å². The van der Waals surface area contributed by atoms with Gasteiger partial charge < -0.3 is 4.74 Å². The Kier molecular flexibility index (Phi) is 14.4. The summed E-state index contributed by atoms with van der Waals surface area (Å²) in [7, 11) is 1.83. The first-order valence-corrected chi connectivity index (χ1v) is 6.93. The lowest BCUT2D eigenvalue weighted by molar-refractivity contribution is 0.0192. The fraction of sp³-hybridized carbons (Fsp3) is 0.867. The molecule has 0 unspecified atom stereocenters. The summed E-state index contributed by atoms with van der Waals surface area (Å²) in [6.07, 6.45) is 8.83. The van der Waals surface area contributed by atoms with Crippen LogP contribution in [-0.4, -0.2) is 13.2 Å². The highest BCUT2D eigenvalue weighted by atomic mass is 16.5. The molecule has 0 saturated heterocycles. The van der Waals surface area contributed by atoms with E-state index in [9.17, 15) is 0 Å². The first-order valence-electron chi connectivity index (χ1n) is 6.93. The van der Waals surface area contributed by atoms with Crippen LogP contribution in [0.4, 0.5) is 0 Å². The number of hydrogen-bond donors (Lipinski definition) is 0. The lowest BCUT2D eigenvalue weighted by Gasteiger charge is -2.31. The molecule has 16 heavy (non-hydrogen) atoms. The minimum Gasteiger partial charge on any atom is -0.381 e. The van der Waals surface area contributed by atoms with E-state index in [0.29, 0.717) is 6.10 Å². The molecule has 1 aliphatic rings. The van der Waals surface area contributed by atoms with E-state index in [0.717, 1.165) is 11.8 Å². The number of hydrogen-bond acceptors (Lipinski definition) is 1. The summed E-state index contributed by atoms with van der Waals surface area (Å²) in [5, 5.41) is 0. The van der Waals surface area contributed by atoms with Gasteiger partial charge in [-0.25, -0.2) is 0 Å². The normalized spacial score (nSPS) is 28.8. The van der Waals surface area contributed by atoms with Crippen LogP contribution < -0.4 is 0 Å². The van der Waals surface area contributed by atoms with Crippen molar-refractivity contribution >= 4 is 0 Å². The van der Waals surface area contributed by atoms with E-state index in [1.54, 1.807) is 0 Å². The van der Waals surface area contributed by atoms with Crippen LogP contribution in [0.25, 0.3) is 0 Å². The van der Waals surface area contributed by atoms with Crippen molar-refractivity contribution in [2.75, 3.05) is 7.11 Å². The third-order valence-corrected chi connectivity index (χ3v) is 2.93. The summed E-state index contributed by atoms with van der Waals surface area (Å²) in [5.74, 6) is 1.51. The highest BCUT2D eigenvalue weighted by Gasteiger charge is 2.25. The van der Waals surface area contributed by atoms with Gasteiger partial charge in [-0.2, -0.15) is 0 Å². The van der Waals surface area contributed by atoms with Gasteiger partial charge in [-0.1, -0.05) is 46.8 Å². The first kappa shape index (κ1) is 18.1. The van der Waals surface area contributed by atoms with Gasteiger partial charge in [0.2, 0.25) is 0 Å². The fourth-order valence-electron chi connectivity index (χ4n) is 2.09. The topological polar surface area (TPSA) is 9.23 Å². The van der Waals surface area contributed by atoms with Crippen LogP contribution in [0.1, 0.15) is 60.8 Å². The van der Waals surface area contributed by atoms with Crippen LogP contribution in [-0.2, 0) is 4.74 Å². The van der Waals surface area contributed by atoms with Crippen molar-refractivity contribution < 1.29 is 4.74 Å². The number of allylic oxidation sites excluding steroid dienone is 2. The Hall–Kier alpha value is -0.300. The molecule has 0 aliphatic heterocycles. The maximum Gasteiger partial charge on any atom is 0.0602 e. The molecule has 0 aromatic heterocycles. The Bertz CT molecular complexity index is 152. The Balaban J connectivity index is 0. The van der Waals surface area contributed by atoms with Crippen LogP contribution in [0.3, 0.4) is 0 Å². The molecule has 0 radical (unpaired) electrons. The molecule has 0 heterocycles. The smallest absolute Gasteiger partial charge is 0.0602 e. The minimum absolute atomic E-state index is 0.486. The van der Waals surface area contributed by atoms with Crippen molar-refractivity contribution in [2.45, 2.75) is 66.9 Å². The Morgan fingerprint density at radius 2 is 1.62 bits per heavy atom. The largest absolute Gasteiger partial charge is 0.381 e. The van der Waals surface area contributed by atoms with Gasteiger partial charge >= 0.3 is 0 Å². The number of ether oxygens (including phenoxy) is 1. The van der Waals surface area contributed by atoms with Crippen LogP contribution in [0, 0.1) is 11.8 Å². The Morgan fingerprint density at radius 1 is 1.06 bits per heavy atom. The monoisotopic (exact) mass is 228 g/mol. The van der Waals surface area contributed by atoms with E-state index in [-0.39, 0.29) is 0 Å². The zero-order valence-electron chi connectivity index (χ0n) is 12.4. The Morgan fingerprint density at radius 3 is 2.06 bits per heavy atom. The molecule has 3 atom stereocenters. The molecule has 98 valence electrons. The molecule has 1 aliphatic carbocycles. The molecule has 0 spiro atoms. The summed E-state index contributed by atoms with van der Waals surface area (Å²) in [6, 6.07) is 0. The summed E-state index contributed by atoms with van der Waals surface area (Å²) in [5.41, 5.74) is 0. The SMILES string of the molecule is C/C=C\[C@@H]1CC[C@H](C)[C@H](OC)C1.CC.CC. The van der Waals surface area contributed by atoms with E-state index in [4.69, 9.17) is 4.74 Å². The van der Waals surface area contributed by atoms with Gasteiger partial charge in [0, 0.05) is 7.11 Å². The first-order chi connectivity index (χ1) is 7.77. The molecular formula is C15H32O. The van der Waals surface area contributed by atoms with Crippen LogP contribution in [0.5, 0.6) is 0 Å². The average Bonchev–Trinajstić information content (AvgIpc) is 2.37. The molecule has 1 saturated carbocycles. The van der Waals surface area contributed by atoms with Crippen molar-refractivity contribution in [3.8, 4) is 0 Å². The summed E-state index contributed by atoms with van der Waals surface area (Å²) >= 11 is 0. The number of rotatable bonds is 2. The number of methoxy groups -OCH3 is 1. The third kappa shape index (κ3) is 7.05. The standard InChI is InChI=1S/C11H20O.2C2H6/c1-4-5-10-7-6-9(2)11(8-10)12-3;2*1-2/h4-5,9-11H,6-8H2,1-3H3;2*1-2H3/b5-4-;;/t9-,10+,11+;;/m0../s1. The average molecular weight is 228 g/mol. The lowest BCUT2D eigenvalue weighted by Crippen LogP contribution is -2.28. The van der Waals surface area contributed by atoms with Crippen molar-refractivity contribution in [1.82, 2.24) is 0 Å². The molecular weight excluding hydrogens is 196 g/mol. The molecule has 0 amide bonds. The maximum atomic E-state index is 5.45. The van der Waals surface area contributed by atoms with Gasteiger partial charge in [0.1, 0.15) is 0 Å². The van der Waals surface area contributed by atoms with Crippen molar-refractivity contribution in [2.24, 2.45) is 11.8 Å². The Labute approximate surface area is 103 Å². The second-order valence-electron chi connectivity index (χ2n) is 3.85. The highest BCUT2D eigenvalue weighted by molar-refractivity contribution is 4.91. The van der Waals surface area contributed by atoms with Crippen molar-refractivity contribution in [1.29, 1.82) is 0 Å². The molecule has 0 N–H and O–H groups in total. The molecule has 1 nitrogen and oxygen atoms in total. The minimum atomic E-state index is 0.486. The van der Waals surface area contributed by atoms with Crippen LogP contribution >= 0.6 is 0 Å². The second-order valence-corrected chi connectivity index (χ2v) is 3.85. The van der Waals surface area contributed by atoms with Gasteiger partial charge in [0.25, 0.3) is 0 Å². The maximum absolute atomic E-state index is 5.45. The molecule has 1 fully saturated rings. The summed E-state index contributed by atoms with van der Waals surface area (Å²) in [4.78, 5) is 0. The predicted octanol–water partition coefficient (Wildman–Crippen LogP) is 5.07. The van der Waals surface area contributed by atoms with Gasteiger partial charge in [-0.15, -0.1) is 0 Å². The van der Waals surface area contributed by atoms with Gasteiger partial charge in [-0.3, -0.25) is 0 Å². The summed E-state index contributed by atoms with van der Waals surface area (Å²) < 4.78 is 5.45. The molecule has 1 rings (SSSR count). The predicted molar refractivity (Wildman–Crippen MR) is 74.8 cm³/mol. The second kappa shape index (κ2) is 12.8. The van der Waals surface area contributed by atoms with Crippen molar-refractivity contribution in [3.63, 3.8) is 0 Å². The third-order valence-electron chi connectivity index (χ3n) is 2.93. The van der Waals surface area contributed by atoms with E-state index in [1.807, 2.05) is 34.8 Å². The quantitative estimate of drug-likeness (QED) is 0.600. The van der Waals surface area contributed by atoms with Crippen LogP contribution in [0.15, 0.2) is 12.2 Å². The molecule has 0 aromatic rings. The summed E-state index contributed by atoms with van der Waals surface area (Å²) in [6.45, 7) is 12.4. The van der Waals surface area contributed by atoms with E-state index in [2.05, 4.69) is 26.0 Å².